The summed E-state index contributed by atoms with van der Waals surface area (Å²) in [5.74, 6) is 1.03. The van der Waals surface area contributed by atoms with Crippen molar-refractivity contribution in [1.82, 2.24) is 4.98 Å². The van der Waals surface area contributed by atoms with Crippen molar-refractivity contribution in [1.29, 1.82) is 0 Å². The Hall–Kier alpha value is -3.01. The molecular weight excluding hydrogens is 334 g/mol. The van der Waals surface area contributed by atoms with Crippen molar-refractivity contribution in [3.05, 3.63) is 60.3 Å². The van der Waals surface area contributed by atoms with Crippen LogP contribution in [0.15, 0.2) is 59.1 Å². The Kier molecular flexibility index (Phi) is 3.44. The zero-order valence-corrected chi connectivity index (χ0v) is 16.1. The summed E-state index contributed by atoms with van der Waals surface area (Å²) in [6.07, 6.45) is 2.03. The minimum Gasteiger partial charge on any atom is -0.454 e. The van der Waals surface area contributed by atoms with E-state index in [-0.39, 0.29) is 6.17 Å². The van der Waals surface area contributed by atoms with Crippen LogP contribution in [0.25, 0.3) is 21.9 Å². The van der Waals surface area contributed by atoms with Gasteiger partial charge in [-0.3, -0.25) is 0 Å². The van der Waals surface area contributed by atoms with Gasteiger partial charge in [-0.05, 0) is 51.5 Å². The molecule has 1 aliphatic rings. The summed E-state index contributed by atoms with van der Waals surface area (Å²) in [4.78, 5) is 9.44. The van der Waals surface area contributed by atoms with Crippen LogP contribution in [-0.2, 0) is 0 Å². The third kappa shape index (κ3) is 2.19. The number of fused-ring (bicyclic) bond motifs is 4. The van der Waals surface area contributed by atoms with Crippen LogP contribution in [-0.4, -0.2) is 17.2 Å². The van der Waals surface area contributed by atoms with Crippen molar-refractivity contribution in [2.75, 3.05) is 9.80 Å². The van der Waals surface area contributed by atoms with E-state index in [0.29, 0.717) is 6.04 Å². The van der Waals surface area contributed by atoms with Gasteiger partial charge < -0.3 is 14.2 Å². The van der Waals surface area contributed by atoms with Crippen LogP contribution < -0.4 is 9.80 Å². The molecule has 4 aromatic rings. The fourth-order valence-electron chi connectivity index (χ4n) is 4.43. The number of pyridine rings is 1. The highest BCUT2D eigenvalue weighted by atomic mass is 16.3. The van der Waals surface area contributed by atoms with Gasteiger partial charge in [0.2, 0.25) is 0 Å². The third-order valence-electron chi connectivity index (χ3n) is 5.57. The molecule has 0 spiro atoms. The van der Waals surface area contributed by atoms with Gasteiger partial charge in [-0.2, -0.15) is 0 Å². The fourth-order valence-corrected chi connectivity index (χ4v) is 4.43. The molecule has 0 unspecified atom stereocenters. The van der Waals surface area contributed by atoms with E-state index in [0.717, 1.165) is 39.1 Å². The average molecular weight is 357 g/mol. The first kappa shape index (κ1) is 16.2. The first-order valence-corrected chi connectivity index (χ1v) is 9.51. The molecule has 0 amide bonds. The zero-order valence-electron chi connectivity index (χ0n) is 16.1. The Morgan fingerprint density at radius 3 is 2.63 bits per heavy atom. The number of rotatable bonds is 2. The van der Waals surface area contributed by atoms with Crippen molar-refractivity contribution in [3.8, 4) is 0 Å². The SMILES string of the molecule is Cc1ccc2c(oc3ccccc32)c1N1c2cccnc2N(C(C)C)[C@@H]1C. The molecule has 2 aromatic carbocycles. The van der Waals surface area contributed by atoms with Gasteiger partial charge in [-0.25, -0.2) is 4.98 Å². The molecule has 136 valence electrons. The van der Waals surface area contributed by atoms with E-state index < -0.39 is 0 Å². The van der Waals surface area contributed by atoms with E-state index >= 15 is 0 Å². The van der Waals surface area contributed by atoms with Crippen LogP contribution in [0.3, 0.4) is 0 Å². The highest BCUT2D eigenvalue weighted by molar-refractivity contribution is 6.10. The number of hydrogen-bond donors (Lipinski definition) is 0. The number of aryl methyl sites for hydroxylation is 1. The number of furan rings is 1. The maximum Gasteiger partial charge on any atom is 0.159 e. The van der Waals surface area contributed by atoms with Gasteiger partial charge >= 0.3 is 0 Å². The molecule has 1 aliphatic heterocycles. The van der Waals surface area contributed by atoms with Crippen molar-refractivity contribution in [3.63, 3.8) is 0 Å². The fraction of sp³-hybridized carbons (Fsp3) is 0.261. The molecule has 5 rings (SSSR count). The maximum atomic E-state index is 6.36. The Morgan fingerprint density at radius 2 is 1.81 bits per heavy atom. The molecule has 1 atom stereocenters. The molecule has 0 saturated heterocycles. The van der Waals surface area contributed by atoms with Crippen molar-refractivity contribution in [2.45, 2.75) is 39.9 Å². The van der Waals surface area contributed by atoms with Gasteiger partial charge in [0.05, 0.1) is 11.4 Å². The van der Waals surface area contributed by atoms with Crippen molar-refractivity contribution >= 4 is 39.1 Å². The Bertz CT molecular complexity index is 1160. The maximum absolute atomic E-state index is 6.36. The topological polar surface area (TPSA) is 32.5 Å². The molecule has 0 aliphatic carbocycles. The average Bonchev–Trinajstić information content (AvgIpc) is 3.17. The summed E-state index contributed by atoms with van der Waals surface area (Å²) < 4.78 is 6.36. The standard InChI is InChI=1S/C23H23N3O/c1-14(2)25-16(4)26(19-9-7-13-24-23(19)25)21-15(3)11-12-18-17-8-5-6-10-20(17)27-22(18)21/h5-14,16H,1-4H3/t16-/m0/s1. The molecule has 0 fully saturated rings. The highest BCUT2D eigenvalue weighted by Gasteiger charge is 2.38. The highest BCUT2D eigenvalue weighted by Crippen LogP contribution is 2.48. The summed E-state index contributed by atoms with van der Waals surface area (Å²) in [5, 5.41) is 2.32. The molecular formula is C23H23N3O. The van der Waals surface area contributed by atoms with Crippen LogP contribution in [0.1, 0.15) is 26.3 Å². The lowest BCUT2D eigenvalue weighted by Crippen LogP contribution is -2.42. The lowest BCUT2D eigenvalue weighted by Gasteiger charge is -2.33. The minimum absolute atomic E-state index is 0.160. The number of para-hydroxylation sites is 1. The minimum atomic E-state index is 0.160. The Morgan fingerprint density at radius 1 is 1.00 bits per heavy atom. The van der Waals surface area contributed by atoms with Crippen LogP contribution in [0.4, 0.5) is 17.2 Å². The van der Waals surface area contributed by atoms with Gasteiger partial charge in [0.15, 0.2) is 11.4 Å². The molecule has 0 bridgehead atoms. The quantitative estimate of drug-likeness (QED) is 0.440. The third-order valence-corrected chi connectivity index (χ3v) is 5.57. The predicted octanol–water partition coefficient (Wildman–Crippen LogP) is 6.00. The Balaban J connectivity index is 1.82. The lowest BCUT2D eigenvalue weighted by molar-refractivity contribution is 0.598. The van der Waals surface area contributed by atoms with Gasteiger partial charge in [-0.1, -0.05) is 30.3 Å². The van der Waals surface area contributed by atoms with E-state index in [1.165, 1.54) is 5.56 Å². The Labute approximate surface area is 159 Å². The van der Waals surface area contributed by atoms with Crippen molar-refractivity contribution < 1.29 is 4.42 Å². The summed E-state index contributed by atoms with van der Waals surface area (Å²) >= 11 is 0. The van der Waals surface area contributed by atoms with E-state index in [9.17, 15) is 0 Å². The van der Waals surface area contributed by atoms with E-state index in [2.05, 4.69) is 67.8 Å². The number of benzene rings is 2. The number of hydrogen-bond acceptors (Lipinski definition) is 4. The molecule has 0 N–H and O–H groups in total. The van der Waals surface area contributed by atoms with Crippen LogP contribution in [0, 0.1) is 6.92 Å². The first-order chi connectivity index (χ1) is 13.1. The molecule has 4 nitrogen and oxygen atoms in total. The molecule has 3 heterocycles. The molecule has 0 radical (unpaired) electrons. The predicted molar refractivity (Wildman–Crippen MR) is 112 cm³/mol. The van der Waals surface area contributed by atoms with Gasteiger partial charge in [0.1, 0.15) is 11.7 Å². The smallest absolute Gasteiger partial charge is 0.159 e. The van der Waals surface area contributed by atoms with Gasteiger partial charge in [0, 0.05) is 23.0 Å². The molecule has 4 heteroatoms. The molecule has 27 heavy (non-hydrogen) atoms. The molecule has 0 saturated carbocycles. The second kappa shape index (κ2) is 5.74. The first-order valence-electron chi connectivity index (χ1n) is 9.51. The summed E-state index contributed by atoms with van der Waals surface area (Å²) in [6.45, 7) is 8.82. The van der Waals surface area contributed by atoms with Crippen LogP contribution in [0.5, 0.6) is 0 Å². The van der Waals surface area contributed by atoms with Crippen molar-refractivity contribution in [2.24, 2.45) is 0 Å². The second-order valence-corrected chi connectivity index (χ2v) is 7.55. The summed E-state index contributed by atoms with van der Waals surface area (Å²) in [6, 6.07) is 17.1. The van der Waals surface area contributed by atoms with E-state index in [1.54, 1.807) is 0 Å². The number of anilines is 3. The molecule has 2 aromatic heterocycles. The largest absolute Gasteiger partial charge is 0.454 e. The number of nitrogens with zero attached hydrogens (tertiary/aromatic N) is 3. The van der Waals surface area contributed by atoms with E-state index in [4.69, 9.17) is 9.40 Å². The zero-order chi connectivity index (χ0) is 18.7. The van der Waals surface area contributed by atoms with Gasteiger partial charge in [0.25, 0.3) is 0 Å². The monoisotopic (exact) mass is 357 g/mol. The van der Waals surface area contributed by atoms with Crippen LogP contribution >= 0.6 is 0 Å². The second-order valence-electron chi connectivity index (χ2n) is 7.55. The summed E-state index contributed by atoms with van der Waals surface area (Å²) in [7, 11) is 0. The lowest BCUT2D eigenvalue weighted by atomic mass is 10.1. The summed E-state index contributed by atoms with van der Waals surface area (Å²) in [5.41, 5.74) is 5.35. The number of aromatic nitrogens is 1. The van der Waals surface area contributed by atoms with E-state index in [1.807, 2.05) is 24.4 Å². The van der Waals surface area contributed by atoms with Crippen LogP contribution in [0.2, 0.25) is 0 Å². The van der Waals surface area contributed by atoms with Gasteiger partial charge in [-0.15, -0.1) is 0 Å². The normalized spacial score (nSPS) is 16.7.